The topological polar surface area (TPSA) is 56.7 Å². The normalized spacial score (nSPS) is 11.0. The molecule has 0 unspecified atom stereocenters. The summed E-state index contributed by atoms with van der Waals surface area (Å²) < 4.78 is 25.0. The Bertz CT molecular complexity index is 235. The summed E-state index contributed by atoms with van der Waals surface area (Å²) >= 11 is 0. The van der Waals surface area contributed by atoms with E-state index in [-0.39, 0.29) is 0 Å². The van der Waals surface area contributed by atoms with Crippen molar-refractivity contribution < 1.29 is 8.78 Å². The predicted octanol–water partition coefficient (Wildman–Crippen LogP) is 0.0444. The smallest absolute Gasteiger partial charge is 0.257 e. The number of rotatable bonds is 4. The molecule has 68 valence electrons. The van der Waals surface area contributed by atoms with Crippen molar-refractivity contribution in [3.63, 3.8) is 0 Å². The number of nitrogens with zero attached hydrogens (tertiary/aromatic N) is 3. The zero-order valence-corrected chi connectivity index (χ0v) is 6.45. The number of aromatic nitrogens is 3. The van der Waals surface area contributed by atoms with Gasteiger partial charge in [-0.25, -0.2) is 13.5 Å². The lowest BCUT2D eigenvalue weighted by Crippen LogP contribution is -2.14. The molecule has 4 nitrogen and oxygen atoms in total. The summed E-state index contributed by atoms with van der Waals surface area (Å²) in [6.45, 7) is 0.00590. The van der Waals surface area contributed by atoms with Crippen LogP contribution in [0.15, 0.2) is 6.20 Å². The minimum atomic E-state index is -2.40. The van der Waals surface area contributed by atoms with Gasteiger partial charge in [-0.05, 0) is 6.54 Å². The van der Waals surface area contributed by atoms with E-state index < -0.39 is 13.0 Å². The molecule has 1 heterocycles. The average molecular weight is 176 g/mol. The molecule has 0 radical (unpaired) electrons. The Labute approximate surface area is 68.4 Å². The Morgan fingerprint density at radius 3 is 2.92 bits per heavy atom. The summed E-state index contributed by atoms with van der Waals surface area (Å²) in [5.74, 6) is 0. The number of nitrogens with two attached hydrogens (primary N) is 1. The molecule has 0 aliphatic heterocycles. The van der Waals surface area contributed by atoms with Gasteiger partial charge in [0.25, 0.3) is 6.43 Å². The molecule has 0 aliphatic rings. The van der Waals surface area contributed by atoms with E-state index in [1.165, 1.54) is 10.9 Å². The molecule has 0 bridgehead atoms. The van der Waals surface area contributed by atoms with E-state index in [4.69, 9.17) is 5.73 Å². The van der Waals surface area contributed by atoms with Gasteiger partial charge in [0.05, 0.1) is 11.9 Å². The van der Waals surface area contributed by atoms with Gasteiger partial charge in [-0.3, -0.25) is 0 Å². The number of alkyl halides is 2. The van der Waals surface area contributed by atoms with E-state index >= 15 is 0 Å². The highest BCUT2D eigenvalue weighted by molar-refractivity contribution is 4.94. The molecule has 0 saturated heterocycles. The van der Waals surface area contributed by atoms with Crippen molar-refractivity contribution >= 4 is 0 Å². The second-order valence-corrected chi connectivity index (χ2v) is 2.34. The van der Waals surface area contributed by atoms with Crippen LogP contribution in [0.25, 0.3) is 0 Å². The van der Waals surface area contributed by atoms with E-state index in [0.717, 1.165) is 0 Å². The molecule has 0 spiro atoms. The molecule has 0 amide bonds. The molecule has 2 N–H and O–H groups in total. The number of hydrogen-bond donors (Lipinski definition) is 1. The molecule has 0 fully saturated rings. The highest BCUT2D eigenvalue weighted by Crippen LogP contribution is 2.01. The maximum Gasteiger partial charge on any atom is 0.257 e. The Balaban J connectivity index is 2.63. The third-order valence-electron chi connectivity index (χ3n) is 1.41. The van der Waals surface area contributed by atoms with Crippen molar-refractivity contribution in [2.75, 3.05) is 6.54 Å². The summed E-state index contributed by atoms with van der Waals surface area (Å²) in [6.07, 6.45) is -0.419. The Morgan fingerprint density at radius 1 is 1.58 bits per heavy atom. The van der Waals surface area contributed by atoms with E-state index in [1.807, 2.05) is 0 Å². The molecule has 0 aliphatic carbocycles. The molecule has 1 rings (SSSR count). The quantitative estimate of drug-likeness (QED) is 0.704. The first-order valence-electron chi connectivity index (χ1n) is 3.59. The van der Waals surface area contributed by atoms with E-state index in [2.05, 4.69) is 10.3 Å². The number of halogens is 2. The van der Waals surface area contributed by atoms with Gasteiger partial charge in [0, 0.05) is 6.42 Å². The van der Waals surface area contributed by atoms with Crippen LogP contribution >= 0.6 is 0 Å². The first-order valence-corrected chi connectivity index (χ1v) is 3.59. The van der Waals surface area contributed by atoms with Crippen LogP contribution in [-0.4, -0.2) is 28.0 Å². The van der Waals surface area contributed by atoms with Crippen LogP contribution in [0.4, 0.5) is 8.78 Å². The summed E-state index contributed by atoms with van der Waals surface area (Å²) in [6, 6.07) is 0. The van der Waals surface area contributed by atoms with Gasteiger partial charge in [-0.15, -0.1) is 5.10 Å². The lowest BCUT2D eigenvalue weighted by atomic mass is 10.3. The van der Waals surface area contributed by atoms with E-state index in [0.29, 0.717) is 18.7 Å². The monoisotopic (exact) mass is 176 g/mol. The van der Waals surface area contributed by atoms with Crippen LogP contribution in [0.5, 0.6) is 0 Å². The molecule has 0 atom stereocenters. The van der Waals surface area contributed by atoms with Crippen molar-refractivity contribution in [1.82, 2.24) is 15.0 Å². The molecular weight excluding hydrogens is 166 g/mol. The second-order valence-electron chi connectivity index (χ2n) is 2.34. The van der Waals surface area contributed by atoms with Crippen LogP contribution < -0.4 is 5.73 Å². The predicted molar refractivity (Wildman–Crippen MR) is 38.8 cm³/mol. The fourth-order valence-electron chi connectivity index (χ4n) is 0.905. The van der Waals surface area contributed by atoms with Crippen LogP contribution in [0, 0.1) is 0 Å². The second kappa shape index (κ2) is 4.10. The van der Waals surface area contributed by atoms with Gasteiger partial charge < -0.3 is 5.73 Å². The zero-order chi connectivity index (χ0) is 8.97. The fraction of sp³-hybridized carbons (Fsp3) is 0.667. The maximum atomic E-state index is 11.9. The van der Waals surface area contributed by atoms with Crippen LogP contribution in [0.2, 0.25) is 0 Å². The Hall–Kier alpha value is -1.04. The molecule has 0 saturated carbocycles. The van der Waals surface area contributed by atoms with Crippen molar-refractivity contribution in [3.8, 4) is 0 Å². The van der Waals surface area contributed by atoms with Crippen LogP contribution in [0.1, 0.15) is 5.69 Å². The third-order valence-corrected chi connectivity index (χ3v) is 1.41. The SMILES string of the molecule is NCCc1cnnn1CC(F)F. The molecule has 1 aromatic heterocycles. The third kappa shape index (κ3) is 2.23. The Kier molecular flexibility index (Phi) is 3.09. The lowest BCUT2D eigenvalue weighted by molar-refractivity contribution is 0.120. The van der Waals surface area contributed by atoms with Gasteiger partial charge in [-0.2, -0.15) is 0 Å². The molecule has 6 heteroatoms. The molecule has 1 aromatic rings. The van der Waals surface area contributed by atoms with Crippen molar-refractivity contribution in [2.24, 2.45) is 5.73 Å². The van der Waals surface area contributed by atoms with Crippen molar-refractivity contribution in [2.45, 2.75) is 19.4 Å². The summed E-state index contributed by atoms with van der Waals surface area (Å²) in [7, 11) is 0. The lowest BCUT2D eigenvalue weighted by Gasteiger charge is -2.02. The summed E-state index contributed by atoms with van der Waals surface area (Å²) in [5.41, 5.74) is 5.91. The summed E-state index contributed by atoms with van der Waals surface area (Å²) in [4.78, 5) is 0. The first kappa shape index (κ1) is 9.05. The van der Waals surface area contributed by atoms with Gasteiger partial charge in [0.2, 0.25) is 0 Å². The molecular formula is C6H10F2N4. The highest BCUT2D eigenvalue weighted by atomic mass is 19.3. The van der Waals surface area contributed by atoms with Crippen LogP contribution in [-0.2, 0) is 13.0 Å². The van der Waals surface area contributed by atoms with Gasteiger partial charge in [-0.1, -0.05) is 5.21 Å². The minimum absolute atomic E-state index is 0.407. The Morgan fingerprint density at radius 2 is 2.33 bits per heavy atom. The minimum Gasteiger partial charge on any atom is -0.330 e. The van der Waals surface area contributed by atoms with Gasteiger partial charge >= 0.3 is 0 Å². The average Bonchev–Trinajstić information content (AvgIpc) is 2.37. The van der Waals surface area contributed by atoms with Gasteiger partial charge in [0.15, 0.2) is 0 Å². The van der Waals surface area contributed by atoms with Gasteiger partial charge in [0.1, 0.15) is 6.54 Å². The largest absolute Gasteiger partial charge is 0.330 e. The van der Waals surface area contributed by atoms with E-state index in [1.54, 1.807) is 0 Å². The molecule has 12 heavy (non-hydrogen) atoms. The number of hydrogen-bond acceptors (Lipinski definition) is 3. The first-order chi connectivity index (χ1) is 5.74. The van der Waals surface area contributed by atoms with E-state index in [9.17, 15) is 8.78 Å². The van der Waals surface area contributed by atoms with Crippen LogP contribution in [0.3, 0.4) is 0 Å². The highest BCUT2D eigenvalue weighted by Gasteiger charge is 2.08. The van der Waals surface area contributed by atoms with Crippen molar-refractivity contribution in [1.29, 1.82) is 0 Å². The zero-order valence-electron chi connectivity index (χ0n) is 6.45. The molecule has 0 aromatic carbocycles. The standard InChI is InChI=1S/C6H10F2N4/c7-6(8)4-12-5(1-2-9)3-10-11-12/h3,6H,1-2,4,9H2. The van der Waals surface area contributed by atoms with Crippen molar-refractivity contribution in [3.05, 3.63) is 11.9 Å². The summed E-state index contributed by atoms with van der Waals surface area (Å²) in [5, 5.41) is 7.02. The fourth-order valence-corrected chi connectivity index (χ4v) is 0.905. The maximum absolute atomic E-state index is 11.9.